The Hall–Kier alpha value is -1.40. The van der Waals surface area contributed by atoms with E-state index in [1.54, 1.807) is 6.20 Å². The van der Waals surface area contributed by atoms with Gasteiger partial charge in [0.25, 0.3) is 0 Å². The van der Waals surface area contributed by atoms with Gasteiger partial charge in [0.2, 0.25) is 10.4 Å². The quantitative estimate of drug-likeness (QED) is 0.840. The Kier molecular flexibility index (Phi) is 4.72. The van der Waals surface area contributed by atoms with Gasteiger partial charge in [0.1, 0.15) is 5.03 Å². The molecule has 18 heavy (non-hydrogen) atoms. The van der Waals surface area contributed by atoms with E-state index in [0.717, 1.165) is 11.4 Å². The lowest BCUT2D eigenvalue weighted by Crippen LogP contribution is -2.02. The Bertz CT molecular complexity index is 512. The summed E-state index contributed by atoms with van der Waals surface area (Å²) in [6.07, 6.45) is 2.59. The van der Waals surface area contributed by atoms with Crippen molar-refractivity contribution in [2.75, 3.05) is 6.61 Å². The van der Waals surface area contributed by atoms with Gasteiger partial charge in [-0.3, -0.25) is 0 Å². The molecule has 0 aliphatic rings. The lowest BCUT2D eigenvalue weighted by molar-refractivity contribution is 0.288. The lowest BCUT2D eigenvalue weighted by atomic mass is 10.5. The third-order valence-corrected chi connectivity index (χ3v) is 2.82. The summed E-state index contributed by atoms with van der Waals surface area (Å²) in [6.45, 7) is 2.56. The number of pyridine rings is 1. The summed E-state index contributed by atoms with van der Waals surface area (Å²) in [7, 11) is 0. The number of ether oxygens (including phenoxy) is 1. The zero-order chi connectivity index (χ0) is 12.8. The number of aromatic nitrogens is 4. The fourth-order valence-electron chi connectivity index (χ4n) is 1.12. The Labute approximate surface area is 114 Å². The second-order valence-electron chi connectivity index (χ2n) is 3.29. The van der Waals surface area contributed by atoms with Crippen LogP contribution in [0.3, 0.4) is 0 Å². The maximum absolute atomic E-state index is 5.82. The van der Waals surface area contributed by atoms with Gasteiger partial charge in [-0.25, -0.2) is 4.98 Å². The second kappa shape index (κ2) is 6.51. The van der Waals surface area contributed by atoms with Crippen LogP contribution in [0.25, 0.3) is 0 Å². The van der Waals surface area contributed by atoms with Crippen LogP contribution in [0.1, 0.15) is 13.3 Å². The molecule has 0 saturated heterocycles. The molecule has 0 fully saturated rings. The molecule has 94 valence electrons. The first-order valence-corrected chi connectivity index (χ1v) is 6.60. The van der Waals surface area contributed by atoms with Crippen molar-refractivity contribution in [3.63, 3.8) is 0 Å². The van der Waals surface area contributed by atoms with E-state index in [-0.39, 0.29) is 11.3 Å². The molecular formula is C11H11ClN4OS. The van der Waals surface area contributed by atoms with Gasteiger partial charge in [0, 0.05) is 6.20 Å². The van der Waals surface area contributed by atoms with Crippen LogP contribution in [0.2, 0.25) is 5.28 Å². The zero-order valence-electron chi connectivity index (χ0n) is 9.71. The molecule has 5 nitrogen and oxygen atoms in total. The van der Waals surface area contributed by atoms with E-state index in [4.69, 9.17) is 16.3 Å². The SMILES string of the molecule is CCCOc1nc(Cl)nc(Sc2ccccn2)n1. The van der Waals surface area contributed by atoms with Crippen LogP contribution in [0.4, 0.5) is 0 Å². The minimum absolute atomic E-state index is 0.120. The molecule has 0 N–H and O–H groups in total. The van der Waals surface area contributed by atoms with Crippen molar-refractivity contribution in [1.82, 2.24) is 19.9 Å². The average molecular weight is 283 g/mol. The predicted molar refractivity (Wildman–Crippen MR) is 69.0 cm³/mol. The summed E-state index contributed by atoms with van der Waals surface area (Å²) in [6, 6.07) is 5.86. The van der Waals surface area contributed by atoms with E-state index < -0.39 is 0 Å². The molecule has 0 bridgehead atoms. The average Bonchev–Trinajstić information content (AvgIpc) is 2.37. The van der Waals surface area contributed by atoms with E-state index >= 15 is 0 Å². The summed E-state index contributed by atoms with van der Waals surface area (Å²) in [5.74, 6) is 0. The van der Waals surface area contributed by atoms with Gasteiger partial charge < -0.3 is 4.74 Å². The molecule has 0 aliphatic carbocycles. The first-order valence-electron chi connectivity index (χ1n) is 5.41. The van der Waals surface area contributed by atoms with Crippen molar-refractivity contribution in [2.24, 2.45) is 0 Å². The molecule has 0 atom stereocenters. The fraction of sp³-hybridized carbons (Fsp3) is 0.273. The summed E-state index contributed by atoms with van der Waals surface area (Å²) in [5, 5.41) is 1.38. The van der Waals surface area contributed by atoms with Crippen molar-refractivity contribution in [2.45, 2.75) is 23.5 Å². The minimum atomic E-state index is 0.120. The Morgan fingerprint density at radius 3 is 2.89 bits per heavy atom. The highest BCUT2D eigenvalue weighted by Crippen LogP contribution is 2.24. The number of halogens is 1. The van der Waals surface area contributed by atoms with Gasteiger partial charge in [-0.1, -0.05) is 13.0 Å². The highest BCUT2D eigenvalue weighted by Gasteiger charge is 2.08. The highest BCUT2D eigenvalue weighted by atomic mass is 35.5. The minimum Gasteiger partial charge on any atom is -0.463 e. The van der Waals surface area contributed by atoms with E-state index in [1.807, 2.05) is 25.1 Å². The normalized spacial score (nSPS) is 10.3. The van der Waals surface area contributed by atoms with Crippen molar-refractivity contribution in [1.29, 1.82) is 0 Å². The number of nitrogens with zero attached hydrogens (tertiary/aromatic N) is 4. The summed E-state index contributed by atoms with van der Waals surface area (Å²) in [4.78, 5) is 16.3. The van der Waals surface area contributed by atoms with Gasteiger partial charge in [-0.05, 0) is 41.9 Å². The van der Waals surface area contributed by atoms with Crippen LogP contribution in [0.5, 0.6) is 6.01 Å². The number of hydrogen-bond donors (Lipinski definition) is 0. The largest absolute Gasteiger partial charge is 0.463 e. The third kappa shape index (κ3) is 3.82. The van der Waals surface area contributed by atoms with Crippen LogP contribution in [-0.2, 0) is 0 Å². The Morgan fingerprint density at radius 1 is 1.28 bits per heavy atom. The van der Waals surface area contributed by atoms with E-state index in [9.17, 15) is 0 Å². The summed E-state index contributed by atoms with van der Waals surface area (Å²) < 4.78 is 5.33. The van der Waals surface area contributed by atoms with Crippen LogP contribution in [-0.4, -0.2) is 26.5 Å². The van der Waals surface area contributed by atoms with Crippen molar-refractivity contribution in [3.05, 3.63) is 29.7 Å². The molecule has 0 radical (unpaired) electrons. The van der Waals surface area contributed by atoms with E-state index in [0.29, 0.717) is 11.8 Å². The van der Waals surface area contributed by atoms with Crippen molar-refractivity contribution in [3.8, 4) is 6.01 Å². The van der Waals surface area contributed by atoms with Crippen LogP contribution < -0.4 is 4.74 Å². The highest BCUT2D eigenvalue weighted by molar-refractivity contribution is 7.99. The van der Waals surface area contributed by atoms with E-state index in [2.05, 4.69) is 19.9 Å². The monoisotopic (exact) mass is 282 g/mol. The maximum atomic E-state index is 5.82. The smallest absolute Gasteiger partial charge is 0.321 e. The van der Waals surface area contributed by atoms with E-state index in [1.165, 1.54) is 11.8 Å². The van der Waals surface area contributed by atoms with Gasteiger partial charge in [0.15, 0.2) is 0 Å². The Balaban J connectivity index is 2.15. The summed E-state index contributed by atoms with van der Waals surface area (Å²) >= 11 is 7.13. The zero-order valence-corrected chi connectivity index (χ0v) is 11.3. The van der Waals surface area contributed by atoms with Crippen LogP contribution >= 0.6 is 23.4 Å². The van der Waals surface area contributed by atoms with Crippen molar-refractivity contribution >= 4 is 23.4 Å². The molecular weight excluding hydrogens is 272 g/mol. The molecule has 2 aromatic heterocycles. The van der Waals surface area contributed by atoms with Crippen LogP contribution in [0, 0.1) is 0 Å². The second-order valence-corrected chi connectivity index (χ2v) is 4.61. The van der Waals surface area contributed by atoms with Gasteiger partial charge in [0.05, 0.1) is 6.61 Å². The van der Waals surface area contributed by atoms with Crippen LogP contribution in [0.15, 0.2) is 34.6 Å². The number of hydrogen-bond acceptors (Lipinski definition) is 6. The van der Waals surface area contributed by atoms with Gasteiger partial charge >= 0.3 is 6.01 Å². The first kappa shape index (κ1) is 13.0. The molecule has 2 rings (SSSR count). The standard InChI is InChI=1S/C11H11ClN4OS/c1-2-7-17-10-14-9(12)15-11(16-10)18-8-5-3-4-6-13-8/h3-6H,2,7H2,1H3. The van der Waals surface area contributed by atoms with Gasteiger partial charge in [-0.15, -0.1) is 0 Å². The van der Waals surface area contributed by atoms with Gasteiger partial charge in [-0.2, -0.15) is 15.0 Å². The molecule has 0 amide bonds. The topological polar surface area (TPSA) is 60.8 Å². The molecule has 2 heterocycles. The molecule has 0 spiro atoms. The molecule has 7 heteroatoms. The first-order chi connectivity index (χ1) is 8.78. The number of rotatable bonds is 5. The fourth-order valence-corrected chi connectivity index (χ4v) is 2.02. The maximum Gasteiger partial charge on any atom is 0.321 e. The lowest BCUT2D eigenvalue weighted by Gasteiger charge is -2.04. The molecule has 0 saturated carbocycles. The predicted octanol–water partition coefficient (Wildman–Crippen LogP) is 2.86. The molecule has 0 aromatic carbocycles. The Morgan fingerprint density at radius 2 is 2.17 bits per heavy atom. The molecule has 2 aromatic rings. The van der Waals surface area contributed by atoms with Crippen molar-refractivity contribution < 1.29 is 4.74 Å². The third-order valence-electron chi connectivity index (χ3n) is 1.84. The summed E-state index contributed by atoms with van der Waals surface area (Å²) in [5.41, 5.74) is 0. The molecule has 0 unspecified atom stereocenters. The molecule has 0 aliphatic heterocycles.